The van der Waals surface area contributed by atoms with Crippen molar-refractivity contribution in [3.8, 4) is 17.1 Å². The Bertz CT molecular complexity index is 1440. The summed E-state index contributed by atoms with van der Waals surface area (Å²) in [5.74, 6) is 0.958. The van der Waals surface area contributed by atoms with E-state index in [0.29, 0.717) is 0 Å². The SMILES string of the molecule is c1ccc(-c2nc3c4c(ccc3n2-c2ccccc2)[nH]c2ccccc24)cc1. The molecule has 6 aromatic rings. The van der Waals surface area contributed by atoms with Crippen LogP contribution in [0.5, 0.6) is 0 Å². The van der Waals surface area contributed by atoms with Gasteiger partial charge in [-0.3, -0.25) is 4.57 Å². The summed E-state index contributed by atoms with van der Waals surface area (Å²) in [6.07, 6.45) is 0. The predicted octanol–water partition coefficient (Wildman–Crippen LogP) is 6.33. The zero-order chi connectivity index (χ0) is 18.5. The first-order valence-corrected chi connectivity index (χ1v) is 9.43. The average Bonchev–Trinajstić information content (AvgIpc) is 3.33. The predicted molar refractivity (Wildman–Crippen MR) is 116 cm³/mol. The summed E-state index contributed by atoms with van der Waals surface area (Å²) in [4.78, 5) is 8.68. The van der Waals surface area contributed by atoms with E-state index in [4.69, 9.17) is 4.98 Å². The number of para-hydroxylation sites is 2. The molecule has 0 saturated carbocycles. The summed E-state index contributed by atoms with van der Waals surface area (Å²) < 4.78 is 2.26. The van der Waals surface area contributed by atoms with Gasteiger partial charge in [0.25, 0.3) is 0 Å². The number of rotatable bonds is 2. The monoisotopic (exact) mass is 359 g/mol. The van der Waals surface area contributed by atoms with Gasteiger partial charge in [-0.15, -0.1) is 0 Å². The zero-order valence-corrected chi connectivity index (χ0v) is 15.1. The van der Waals surface area contributed by atoms with Crippen molar-refractivity contribution in [2.45, 2.75) is 0 Å². The van der Waals surface area contributed by atoms with Crippen molar-refractivity contribution in [1.82, 2.24) is 14.5 Å². The quantitative estimate of drug-likeness (QED) is 0.385. The Morgan fingerprint density at radius 1 is 0.643 bits per heavy atom. The molecule has 0 aliphatic heterocycles. The van der Waals surface area contributed by atoms with Gasteiger partial charge < -0.3 is 4.98 Å². The molecular weight excluding hydrogens is 342 g/mol. The molecule has 28 heavy (non-hydrogen) atoms. The molecule has 0 amide bonds. The van der Waals surface area contributed by atoms with Gasteiger partial charge in [0, 0.05) is 33.1 Å². The molecule has 132 valence electrons. The summed E-state index contributed by atoms with van der Waals surface area (Å²) in [7, 11) is 0. The van der Waals surface area contributed by atoms with E-state index in [-0.39, 0.29) is 0 Å². The van der Waals surface area contributed by atoms with Gasteiger partial charge in [-0.1, -0.05) is 66.7 Å². The van der Waals surface area contributed by atoms with Crippen molar-refractivity contribution in [1.29, 1.82) is 0 Å². The molecular formula is C25H17N3. The maximum absolute atomic E-state index is 5.15. The fraction of sp³-hybridized carbons (Fsp3) is 0. The molecule has 3 nitrogen and oxygen atoms in total. The summed E-state index contributed by atoms with van der Waals surface area (Å²) >= 11 is 0. The highest BCUT2D eigenvalue weighted by atomic mass is 15.1. The van der Waals surface area contributed by atoms with Crippen molar-refractivity contribution in [2.24, 2.45) is 0 Å². The van der Waals surface area contributed by atoms with E-state index >= 15 is 0 Å². The molecule has 3 heteroatoms. The Kier molecular flexibility index (Phi) is 3.17. The molecule has 0 fully saturated rings. The van der Waals surface area contributed by atoms with Crippen LogP contribution in [-0.4, -0.2) is 14.5 Å². The van der Waals surface area contributed by atoms with Gasteiger partial charge in [-0.2, -0.15) is 0 Å². The molecule has 1 N–H and O–H groups in total. The van der Waals surface area contributed by atoms with Crippen LogP contribution in [0.3, 0.4) is 0 Å². The summed E-state index contributed by atoms with van der Waals surface area (Å²) in [5, 5.41) is 2.39. The fourth-order valence-electron chi connectivity index (χ4n) is 4.10. The zero-order valence-electron chi connectivity index (χ0n) is 15.1. The van der Waals surface area contributed by atoms with Gasteiger partial charge in [0.15, 0.2) is 0 Å². The summed E-state index contributed by atoms with van der Waals surface area (Å²) in [6.45, 7) is 0. The molecule has 0 radical (unpaired) electrons. The molecule has 0 aliphatic carbocycles. The lowest BCUT2D eigenvalue weighted by molar-refractivity contribution is 1.10. The van der Waals surface area contributed by atoms with Crippen molar-refractivity contribution in [3.05, 3.63) is 97.1 Å². The van der Waals surface area contributed by atoms with Crippen LogP contribution < -0.4 is 0 Å². The minimum atomic E-state index is 0.958. The number of aromatic nitrogens is 3. The molecule has 2 aromatic heterocycles. The maximum Gasteiger partial charge on any atom is 0.145 e. The molecule has 0 spiro atoms. The van der Waals surface area contributed by atoms with Crippen LogP contribution in [0.2, 0.25) is 0 Å². The van der Waals surface area contributed by atoms with Crippen LogP contribution in [0.1, 0.15) is 0 Å². The molecule has 0 saturated heterocycles. The Morgan fingerprint density at radius 2 is 1.36 bits per heavy atom. The number of hydrogen-bond donors (Lipinski definition) is 1. The lowest BCUT2D eigenvalue weighted by atomic mass is 10.1. The smallest absolute Gasteiger partial charge is 0.145 e. The molecule has 6 rings (SSSR count). The van der Waals surface area contributed by atoms with Crippen LogP contribution in [-0.2, 0) is 0 Å². The van der Waals surface area contributed by atoms with Gasteiger partial charge in [0.1, 0.15) is 5.82 Å². The topological polar surface area (TPSA) is 33.6 Å². The molecule has 0 aliphatic rings. The molecule has 4 aromatic carbocycles. The Morgan fingerprint density at radius 3 is 2.18 bits per heavy atom. The second-order valence-corrected chi connectivity index (χ2v) is 7.00. The molecule has 0 atom stereocenters. The third-order valence-electron chi connectivity index (χ3n) is 5.34. The van der Waals surface area contributed by atoms with E-state index in [1.54, 1.807) is 0 Å². The van der Waals surface area contributed by atoms with Gasteiger partial charge >= 0.3 is 0 Å². The van der Waals surface area contributed by atoms with Crippen LogP contribution in [0.15, 0.2) is 97.1 Å². The number of benzene rings is 4. The first-order valence-electron chi connectivity index (χ1n) is 9.43. The van der Waals surface area contributed by atoms with Gasteiger partial charge in [0.2, 0.25) is 0 Å². The van der Waals surface area contributed by atoms with Crippen LogP contribution in [0.4, 0.5) is 0 Å². The highest BCUT2D eigenvalue weighted by molar-refractivity contribution is 6.19. The van der Waals surface area contributed by atoms with Crippen LogP contribution in [0.25, 0.3) is 49.9 Å². The second-order valence-electron chi connectivity index (χ2n) is 7.00. The van der Waals surface area contributed by atoms with Crippen molar-refractivity contribution in [2.75, 3.05) is 0 Å². The maximum atomic E-state index is 5.15. The average molecular weight is 359 g/mol. The van der Waals surface area contributed by atoms with Crippen LogP contribution in [0, 0.1) is 0 Å². The second kappa shape index (κ2) is 5.83. The number of nitrogens with zero attached hydrogens (tertiary/aromatic N) is 2. The number of H-pyrrole nitrogens is 1. The molecule has 2 heterocycles. The number of imidazole rings is 1. The number of nitrogens with one attached hydrogen (secondary N) is 1. The third kappa shape index (κ3) is 2.13. The fourth-order valence-corrected chi connectivity index (χ4v) is 4.10. The van der Waals surface area contributed by atoms with Crippen molar-refractivity contribution in [3.63, 3.8) is 0 Å². The minimum absolute atomic E-state index is 0.958. The first kappa shape index (κ1) is 15.2. The van der Waals surface area contributed by atoms with Crippen molar-refractivity contribution < 1.29 is 0 Å². The van der Waals surface area contributed by atoms with E-state index in [0.717, 1.165) is 39.1 Å². The Balaban J connectivity index is 1.80. The molecule has 0 unspecified atom stereocenters. The standard InChI is InChI=1S/C25H17N3/c1-3-9-17(10-4-1)25-27-24-22(28(25)18-11-5-2-6-12-18)16-15-21-23(24)19-13-7-8-14-20(19)26-21/h1-16,26H. The number of aromatic amines is 1. The summed E-state index contributed by atoms with van der Waals surface area (Å²) in [5.41, 5.74) is 6.62. The lowest BCUT2D eigenvalue weighted by Crippen LogP contribution is -1.96. The highest BCUT2D eigenvalue weighted by Gasteiger charge is 2.18. The van der Waals surface area contributed by atoms with E-state index in [2.05, 4.69) is 94.5 Å². The van der Waals surface area contributed by atoms with Gasteiger partial charge in [-0.25, -0.2) is 4.98 Å². The largest absolute Gasteiger partial charge is 0.354 e. The minimum Gasteiger partial charge on any atom is -0.354 e. The summed E-state index contributed by atoms with van der Waals surface area (Å²) in [6, 6.07) is 33.6. The normalized spacial score (nSPS) is 11.6. The Hall–Kier alpha value is -3.85. The van der Waals surface area contributed by atoms with E-state index in [9.17, 15) is 0 Å². The van der Waals surface area contributed by atoms with E-state index in [1.807, 2.05) is 12.1 Å². The third-order valence-corrected chi connectivity index (χ3v) is 5.34. The highest BCUT2D eigenvalue weighted by Crippen LogP contribution is 2.36. The number of hydrogen-bond acceptors (Lipinski definition) is 1. The lowest BCUT2D eigenvalue weighted by Gasteiger charge is -2.09. The van der Waals surface area contributed by atoms with Crippen LogP contribution >= 0.6 is 0 Å². The number of fused-ring (bicyclic) bond motifs is 5. The Labute approximate surface area is 161 Å². The van der Waals surface area contributed by atoms with Gasteiger partial charge in [0.05, 0.1) is 11.0 Å². The van der Waals surface area contributed by atoms with Crippen molar-refractivity contribution >= 4 is 32.8 Å². The van der Waals surface area contributed by atoms with E-state index < -0.39 is 0 Å². The first-order chi connectivity index (χ1) is 13.9. The molecule has 0 bridgehead atoms. The van der Waals surface area contributed by atoms with Gasteiger partial charge in [-0.05, 0) is 30.3 Å². The van der Waals surface area contributed by atoms with E-state index in [1.165, 1.54) is 10.8 Å².